The molecule has 0 radical (unpaired) electrons. The van der Waals surface area contributed by atoms with Crippen LogP contribution >= 0.6 is 11.8 Å². The number of rotatable bonds is 6. The summed E-state index contributed by atoms with van der Waals surface area (Å²) in [5.74, 6) is 1.16. The number of thioether (sulfide) groups is 1. The monoisotopic (exact) mass is 266 g/mol. The fourth-order valence-corrected chi connectivity index (χ4v) is 3.32. The molecule has 1 aromatic carbocycles. The molecule has 0 spiro atoms. The first-order chi connectivity index (χ1) is 8.81. The van der Waals surface area contributed by atoms with Crippen molar-refractivity contribution in [3.05, 3.63) is 18.2 Å². The Morgan fingerprint density at radius 1 is 1.22 bits per heavy atom. The van der Waals surface area contributed by atoms with Crippen LogP contribution in [0.1, 0.15) is 25.7 Å². The van der Waals surface area contributed by atoms with E-state index in [1.54, 1.807) is 0 Å². The van der Waals surface area contributed by atoms with Gasteiger partial charge in [-0.05, 0) is 31.0 Å². The molecule has 0 bridgehead atoms. The van der Waals surface area contributed by atoms with Crippen molar-refractivity contribution >= 4 is 23.1 Å². The number of nitrogens with zero attached hydrogens (tertiary/aromatic N) is 1. The number of hydrogen-bond donors (Lipinski definition) is 2. The van der Waals surface area contributed by atoms with Gasteiger partial charge >= 0.3 is 0 Å². The van der Waals surface area contributed by atoms with Gasteiger partial charge in [-0.1, -0.05) is 12.8 Å². The Balaban J connectivity index is 1.89. The molecule has 3 N–H and O–H groups in total. The van der Waals surface area contributed by atoms with Crippen molar-refractivity contribution in [2.24, 2.45) is 0 Å². The predicted molar refractivity (Wildman–Crippen MR) is 79.3 cm³/mol. The lowest BCUT2D eigenvalue weighted by Crippen LogP contribution is -2.30. The van der Waals surface area contributed by atoms with E-state index in [0.717, 1.165) is 37.4 Å². The van der Waals surface area contributed by atoms with Crippen molar-refractivity contribution in [3.8, 4) is 0 Å². The van der Waals surface area contributed by atoms with E-state index in [4.69, 9.17) is 10.8 Å². The number of fused-ring (bicyclic) bond motifs is 1. The summed E-state index contributed by atoms with van der Waals surface area (Å²) in [5, 5.41) is 8.75. The van der Waals surface area contributed by atoms with Gasteiger partial charge < -0.3 is 15.7 Å². The van der Waals surface area contributed by atoms with Gasteiger partial charge in [0.15, 0.2) is 0 Å². The molecule has 1 aromatic rings. The summed E-state index contributed by atoms with van der Waals surface area (Å²) < 4.78 is 0. The van der Waals surface area contributed by atoms with Crippen LogP contribution < -0.4 is 10.6 Å². The van der Waals surface area contributed by atoms with Crippen LogP contribution in [0.15, 0.2) is 23.1 Å². The summed E-state index contributed by atoms with van der Waals surface area (Å²) in [6.07, 6.45) is 4.45. The third-order valence-electron chi connectivity index (χ3n) is 3.28. The second-order valence-electron chi connectivity index (χ2n) is 4.70. The van der Waals surface area contributed by atoms with E-state index in [2.05, 4.69) is 17.0 Å². The zero-order valence-corrected chi connectivity index (χ0v) is 11.6. The van der Waals surface area contributed by atoms with Gasteiger partial charge in [-0.3, -0.25) is 0 Å². The van der Waals surface area contributed by atoms with E-state index >= 15 is 0 Å². The highest BCUT2D eigenvalue weighted by molar-refractivity contribution is 7.99. The first kappa shape index (κ1) is 13.6. The number of nitrogens with two attached hydrogens (primary N) is 1. The lowest BCUT2D eigenvalue weighted by Gasteiger charge is -2.31. The average molecular weight is 266 g/mol. The molecule has 3 nitrogen and oxygen atoms in total. The summed E-state index contributed by atoms with van der Waals surface area (Å²) in [7, 11) is 0. The predicted octanol–water partition coefficient (Wildman–Crippen LogP) is 2.73. The Bertz CT molecular complexity index is 384. The van der Waals surface area contributed by atoms with Crippen molar-refractivity contribution in [2.45, 2.75) is 30.6 Å². The molecule has 0 saturated heterocycles. The Labute approximate surface area is 113 Å². The molecule has 0 atom stereocenters. The van der Waals surface area contributed by atoms with Crippen molar-refractivity contribution in [1.29, 1.82) is 0 Å². The van der Waals surface area contributed by atoms with Gasteiger partial charge in [0.25, 0.3) is 0 Å². The highest BCUT2D eigenvalue weighted by Gasteiger charge is 2.16. The fourth-order valence-electron chi connectivity index (χ4n) is 2.29. The number of anilines is 2. The van der Waals surface area contributed by atoms with Crippen molar-refractivity contribution in [1.82, 2.24) is 0 Å². The maximum atomic E-state index is 8.75. The smallest absolute Gasteiger partial charge is 0.0525 e. The topological polar surface area (TPSA) is 49.5 Å². The van der Waals surface area contributed by atoms with E-state index in [1.165, 1.54) is 23.4 Å². The lowest BCUT2D eigenvalue weighted by atomic mass is 10.2. The SMILES string of the molecule is Nc1ccc2c(c1)N(CCCCCCO)CCS2. The van der Waals surface area contributed by atoms with E-state index < -0.39 is 0 Å². The van der Waals surface area contributed by atoms with E-state index in [1.807, 2.05) is 17.8 Å². The summed E-state index contributed by atoms with van der Waals surface area (Å²) in [5.41, 5.74) is 8.02. The molecule has 0 fully saturated rings. The van der Waals surface area contributed by atoms with Gasteiger partial charge in [0.1, 0.15) is 0 Å². The van der Waals surface area contributed by atoms with Gasteiger partial charge in [-0.2, -0.15) is 0 Å². The highest BCUT2D eigenvalue weighted by Crippen LogP contribution is 2.36. The normalized spacial score (nSPS) is 14.6. The van der Waals surface area contributed by atoms with Crippen molar-refractivity contribution < 1.29 is 5.11 Å². The minimum atomic E-state index is 0.319. The number of benzene rings is 1. The fraction of sp³-hybridized carbons (Fsp3) is 0.571. The number of aliphatic hydroxyl groups excluding tert-OH is 1. The Kier molecular flexibility index (Phi) is 5.20. The van der Waals surface area contributed by atoms with Gasteiger partial charge in [0.05, 0.1) is 5.69 Å². The standard InChI is InChI=1S/C14H22N2OS/c15-12-5-6-14-13(11-12)16(8-10-18-14)7-3-1-2-4-9-17/h5-6,11,17H,1-4,7-10,15H2. The molecule has 1 aliphatic rings. The Morgan fingerprint density at radius 3 is 2.89 bits per heavy atom. The lowest BCUT2D eigenvalue weighted by molar-refractivity contribution is 0.282. The first-order valence-corrected chi connectivity index (χ1v) is 7.68. The second-order valence-corrected chi connectivity index (χ2v) is 5.84. The molecule has 0 amide bonds. The maximum absolute atomic E-state index is 8.75. The molecule has 18 heavy (non-hydrogen) atoms. The molecule has 100 valence electrons. The third kappa shape index (κ3) is 3.56. The number of unbranched alkanes of at least 4 members (excludes halogenated alkanes) is 3. The van der Waals surface area contributed by atoms with Crippen LogP contribution in [0.5, 0.6) is 0 Å². The molecular formula is C14H22N2OS. The zero-order chi connectivity index (χ0) is 12.8. The second kappa shape index (κ2) is 6.90. The summed E-state index contributed by atoms with van der Waals surface area (Å²) in [6.45, 7) is 2.53. The van der Waals surface area contributed by atoms with Crippen LogP contribution in [0.3, 0.4) is 0 Å². The summed E-state index contributed by atoms with van der Waals surface area (Å²) in [4.78, 5) is 3.80. The van der Waals surface area contributed by atoms with Gasteiger partial charge in [-0.15, -0.1) is 11.8 Å². The zero-order valence-electron chi connectivity index (χ0n) is 10.8. The van der Waals surface area contributed by atoms with E-state index in [-0.39, 0.29) is 0 Å². The Hall–Kier alpha value is -0.870. The summed E-state index contributed by atoms with van der Waals surface area (Å²) in [6, 6.07) is 6.21. The van der Waals surface area contributed by atoms with Gasteiger partial charge in [-0.25, -0.2) is 0 Å². The molecular weight excluding hydrogens is 244 g/mol. The van der Waals surface area contributed by atoms with Crippen LogP contribution in [-0.2, 0) is 0 Å². The van der Waals surface area contributed by atoms with Crippen LogP contribution in [0, 0.1) is 0 Å². The number of aliphatic hydroxyl groups is 1. The maximum Gasteiger partial charge on any atom is 0.0525 e. The minimum absolute atomic E-state index is 0.319. The number of hydrogen-bond acceptors (Lipinski definition) is 4. The molecule has 1 heterocycles. The van der Waals surface area contributed by atoms with Gasteiger partial charge in [0.2, 0.25) is 0 Å². The third-order valence-corrected chi connectivity index (χ3v) is 4.32. The molecule has 0 aliphatic carbocycles. The quantitative estimate of drug-likeness (QED) is 0.614. The van der Waals surface area contributed by atoms with Crippen LogP contribution in [0.25, 0.3) is 0 Å². The summed E-state index contributed by atoms with van der Waals surface area (Å²) >= 11 is 1.92. The van der Waals surface area contributed by atoms with Crippen LogP contribution in [0.4, 0.5) is 11.4 Å². The Morgan fingerprint density at radius 2 is 2.06 bits per heavy atom. The van der Waals surface area contributed by atoms with Crippen LogP contribution in [-0.4, -0.2) is 30.6 Å². The number of nitrogen functional groups attached to an aromatic ring is 1. The molecule has 4 heteroatoms. The largest absolute Gasteiger partial charge is 0.399 e. The molecule has 0 aromatic heterocycles. The molecule has 2 rings (SSSR count). The molecule has 0 unspecified atom stereocenters. The van der Waals surface area contributed by atoms with Gasteiger partial charge in [0, 0.05) is 36.0 Å². The molecule has 1 aliphatic heterocycles. The minimum Gasteiger partial charge on any atom is -0.399 e. The van der Waals surface area contributed by atoms with Crippen LogP contribution in [0.2, 0.25) is 0 Å². The van der Waals surface area contributed by atoms with E-state index in [0.29, 0.717) is 6.61 Å². The van der Waals surface area contributed by atoms with E-state index in [9.17, 15) is 0 Å². The van der Waals surface area contributed by atoms with Crippen molar-refractivity contribution in [3.63, 3.8) is 0 Å². The molecule has 0 saturated carbocycles. The highest BCUT2D eigenvalue weighted by atomic mass is 32.2. The average Bonchev–Trinajstić information content (AvgIpc) is 2.39. The van der Waals surface area contributed by atoms with Crippen molar-refractivity contribution in [2.75, 3.05) is 36.1 Å². The first-order valence-electron chi connectivity index (χ1n) is 6.69.